The molecular weight excluding hydrogens is 343 g/mol. The van der Waals surface area contributed by atoms with Gasteiger partial charge in [0.05, 0.1) is 12.2 Å². The van der Waals surface area contributed by atoms with Crippen molar-refractivity contribution in [2.45, 2.75) is 32.5 Å². The Bertz CT molecular complexity index is 629. The van der Waals surface area contributed by atoms with Crippen molar-refractivity contribution in [3.05, 3.63) is 12.1 Å². The molecule has 0 saturated carbocycles. The number of nitrogens with zero attached hydrogens (tertiary/aromatic N) is 1. The molecule has 0 aliphatic heterocycles. The van der Waals surface area contributed by atoms with Gasteiger partial charge >= 0.3 is 18.2 Å². The second-order valence-corrected chi connectivity index (χ2v) is 6.02. The Hall–Kier alpha value is -2.72. The molecule has 0 radical (unpaired) electrons. The molecule has 2 amide bonds. The molecule has 1 aromatic rings. The number of rotatable bonds is 5. The highest BCUT2D eigenvalue weighted by molar-refractivity contribution is 5.94. The van der Waals surface area contributed by atoms with E-state index < -0.39 is 23.7 Å². The Kier molecular flexibility index (Phi) is 6.42. The molecule has 25 heavy (non-hydrogen) atoms. The Morgan fingerprint density at radius 3 is 2.44 bits per heavy atom. The van der Waals surface area contributed by atoms with E-state index in [2.05, 4.69) is 15.6 Å². The van der Waals surface area contributed by atoms with Gasteiger partial charge in [-0.25, -0.2) is 9.78 Å². The number of alkyl halides is 3. The summed E-state index contributed by atoms with van der Waals surface area (Å²) in [4.78, 5) is 26.1. The quantitative estimate of drug-likeness (QED) is 0.595. The standard InChI is InChI=1S/C14H20F3N5O3/c1-13(2,3)22-12(24)25-7-6-19-10-8(18)4-5-9(20-10)21-11(23)14(15,16)17/h4-5H,6-7,18H2,1-3H3,(H,22,24)(H2,19,20,21,23). The Morgan fingerprint density at radius 2 is 1.88 bits per heavy atom. The predicted octanol–water partition coefficient (Wildman–Crippen LogP) is 2.10. The Morgan fingerprint density at radius 1 is 1.24 bits per heavy atom. The van der Waals surface area contributed by atoms with Gasteiger partial charge in [0.25, 0.3) is 0 Å². The first-order valence-electron chi connectivity index (χ1n) is 7.22. The first-order valence-corrected chi connectivity index (χ1v) is 7.22. The molecule has 0 aliphatic carbocycles. The zero-order chi connectivity index (χ0) is 19.3. The normalized spacial score (nSPS) is 11.6. The second-order valence-electron chi connectivity index (χ2n) is 6.02. The molecule has 0 atom stereocenters. The molecule has 5 N–H and O–H groups in total. The third kappa shape index (κ3) is 7.59. The van der Waals surface area contributed by atoms with Crippen LogP contribution in [0.3, 0.4) is 0 Å². The molecule has 1 heterocycles. The summed E-state index contributed by atoms with van der Waals surface area (Å²) in [5.41, 5.74) is 5.36. The fourth-order valence-electron chi connectivity index (χ4n) is 1.52. The fourth-order valence-corrected chi connectivity index (χ4v) is 1.52. The van der Waals surface area contributed by atoms with E-state index in [4.69, 9.17) is 10.5 Å². The lowest BCUT2D eigenvalue weighted by Gasteiger charge is -2.20. The van der Waals surface area contributed by atoms with Gasteiger partial charge in [0, 0.05) is 5.54 Å². The first-order chi connectivity index (χ1) is 11.4. The van der Waals surface area contributed by atoms with Crippen LogP contribution in [-0.2, 0) is 9.53 Å². The summed E-state index contributed by atoms with van der Waals surface area (Å²) in [5.74, 6) is -2.40. The average molecular weight is 363 g/mol. The minimum Gasteiger partial charge on any atom is -0.448 e. The molecule has 140 valence electrons. The summed E-state index contributed by atoms with van der Waals surface area (Å²) in [6, 6.07) is 2.42. The van der Waals surface area contributed by atoms with Crippen molar-refractivity contribution in [3.63, 3.8) is 0 Å². The molecule has 0 saturated heterocycles. The van der Waals surface area contributed by atoms with Gasteiger partial charge in [0.2, 0.25) is 0 Å². The zero-order valence-electron chi connectivity index (χ0n) is 14.0. The van der Waals surface area contributed by atoms with Gasteiger partial charge in [-0.2, -0.15) is 13.2 Å². The van der Waals surface area contributed by atoms with E-state index in [1.807, 2.05) is 0 Å². The molecule has 1 aromatic heterocycles. The molecule has 0 bridgehead atoms. The summed E-state index contributed by atoms with van der Waals surface area (Å²) < 4.78 is 41.6. The van der Waals surface area contributed by atoms with Crippen LogP contribution in [0, 0.1) is 0 Å². The highest BCUT2D eigenvalue weighted by Crippen LogP contribution is 2.21. The van der Waals surface area contributed by atoms with Crippen LogP contribution in [0.2, 0.25) is 0 Å². The maximum atomic E-state index is 12.2. The molecule has 11 heteroatoms. The predicted molar refractivity (Wildman–Crippen MR) is 86.1 cm³/mol. The summed E-state index contributed by atoms with van der Waals surface area (Å²) in [7, 11) is 0. The number of anilines is 3. The van der Waals surface area contributed by atoms with Gasteiger partial charge < -0.3 is 26.4 Å². The molecule has 0 aromatic carbocycles. The maximum absolute atomic E-state index is 12.2. The van der Waals surface area contributed by atoms with E-state index in [0.717, 1.165) is 6.07 Å². The van der Waals surface area contributed by atoms with Crippen LogP contribution in [0.5, 0.6) is 0 Å². The highest BCUT2D eigenvalue weighted by atomic mass is 19.4. The summed E-state index contributed by atoms with van der Waals surface area (Å²) in [5, 5.41) is 6.92. The smallest absolute Gasteiger partial charge is 0.448 e. The topological polar surface area (TPSA) is 118 Å². The van der Waals surface area contributed by atoms with Crippen molar-refractivity contribution in [1.29, 1.82) is 0 Å². The van der Waals surface area contributed by atoms with E-state index in [0.29, 0.717) is 0 Å². The van der Waals surface area contributed by atoms with Gasteiger partial charge in [-0.3, -0.25) is 4.79 Å². The van der Waals surface area contributed by atoms with Gasteiger partial charge in [-0.1, -0.05) is 0 Å². The number of ether oxygens (including phenoxy) is 1. The van der Waals surface area contributed by atoms with Crippen LogP contribution in [0.4, 0.5) is 35.3 Å². The van der Waals surface area contributed by atoms with Gasteiger partial charge in [-0.15, -0.1) is 0 Å². The van der Waals surface area contributed by atoms with Crippen molar-refractivity contribution in [2.24, 2.45) is 0 Å². The van der Waals surface area contributed by atoms with Crippen LogP contribution in [0.25, 0.3) is 0 Å². The van der Waals surface area contributed by atoms with E-state index in [1.54, 1.807) is 26.1 Å². The summed E-state index contributed by atoms with van der Waals surface area (Å²) >= 11 is 0. The minimum absolute atomic E-state index is 0.0256. The van der Waals surface area contributed by atoms with Crippen LogP contribution < -0.4 is 21.7 Å². The third-order valence-electron chi connectivity index (χ3n) is 2.53. The molecule has 8 nitrogen and oxygen atoms in total. The van der Waals surface area contributed by atoms with Crippen LogP contribution in [0.15, 0.2) is 12.1 Å². The SMILES string of the molecule is CC(C)(C)NC(=O)OCCNc1nc(NC(=O)C(F)(F)F)ccc1N. The van der Waals surface area contributed by atoms with Crippen LogP contribution >= 0.6 is 0 Å². The number of alkyl carbamates (subject to hydrolysis) is 1. The number of halogens is 3. The van der Waals surface area contributed by atoms with E-state index >= 15 is 0 Å². The van der Waals surface area contributed by atoms with Gasteiger partial charge in [-0.05, 0) is 32.9 Å². The minimum atomic E-state index is -5.02. The lowest BCUT2D eigenvalue weighted by Crippen LogP contribution is -2.41. The average Bonchev–Trinajstić information content (AvgIpc) is 2.43. The van der Waals surface area contributed by atoms with Crippen molar-refractivity contribution in [2.75, 3.05) is 29.5 Å². The Labute approximate surface area is 142 Å². The number of carbonyl (C=O) groups is 2. The molecule has 0 unspecified atom stereocenters. The molecule has 0 fully saturated rings. The largest absolute Gasteiger partial charge is 0.471 e. The lowest BCUT2D eigenvalue weighted by molar-refractivity contribution is -0.167. The molecular formula is C14H20F3N5O3. The van der Waals surface area contributed by atoms with E-state index in [1.165, 1.54) is 6.07 Å². The van der Waals surface area contributed by atoms with E-state index in [-0.39, 0.29) is 30.5 Å². The fraction of sp³-hybridized carbons (Fsp3) is 0.500. The van der Waals surface area contributed by atoms with Gasteiger partial charge in [0.1, 0.15) is 12.4 Å². The van der Waals surface area contributed by atoms with Crippen molar-refractivity contribution < 1.29 is 27.5 Å². The number of carbonyl (C=O) groups excluding carboxylic acids is 2. The lowest BCUT2D eigenvalue weighted by atomic mass is 10.1. The number of aromatic nitrogens is 1. The van der Waals surface area contributed by atoms with Crippen molar-refractivity contribution >= 4 is 29.3 Å². The number of nitrogens with one attached hydrogen (secondary N) is 3. The number of hydrogen-bond acceptors (Lipinski definition) is 6. The molecule has 0 aliphatic rings. The van der Waals surface area contributed by atoms with Crippen LogP contribution in [0.1, 0.15) is 20.8 Å². The first kappa shape index (κ1) is 20.3. The summed E-state index contributed by atoms with van der Waals surface area (Å²) in [6.45, 7) is 5.46. The second kappa shape index (κ2) is 7.90. The number of hydrogen-bond donors (Lipinski definition) is 4. The maximum Gasteiger partial charge on any atom is 0.471 e. The van der Waals surface area contributed by atoms with Crippen molar-refractivity contribution in [3.8, 4) is 0 Å². The number of nitrogen functional groups attached to an aromatic ring is 1. The summed E-state index contributed by atoms with van der Waals surface area (Å²) in [6.07, 6.45) is -5.63. The van der Waals surface area contributed by atoms with E-state index in [9.17, 15) is 22.8 Å². The number of amides is 2. The molecule has 1 rings (SSSR count). The Balaban J connectivity index is 2.55. The highest BCUT2D eigenvalue weighted by Gasteiger charge is 2.38. The number of nitrogens with two attached hydrogens (primary N) is 1. The van der Waals surface area contributed by atoms with Gasteiger partial charge in [0.15, 0.2) is 5.82 Å². The number of pyridine rings is 1. The van der Waals surface area contributed by atoms with Crippen molar-refractivity contribution in [1.82, 2.24) is 10.3 Å². The van der Waals surface area contributed by atoms with Crippen LogP contribution in [-0.4, -0.2) is 41.9 Å². The third-order valence-corrected chi connectivity index (χ3v) is 2.53. The molecule has 0 spiro atoms. The monoisotopic (exact) mass is 363 g/mol. The zero-order valence-corrected chi connectivity index (χ0v) is 14.0.